The first kappa shape index (κ1) is 17.1. The number of cyclic esters (lactones) is 1. The molecule has 1 aliphatic rings. The molecule has 7 nitrogen and oxygen atoms in total. The molecule has 2 unspecified atom stereocenters. The highest BCUT2D eigenvalue weighted by Crippen LogP contribution is 2.13. The summed E-state index contributed by atoms with van der Waals surface area (Å²) in [6, 6.07) is -0.464. The SMILES string of the molecule is CCC(C)C=Nc1ncn(CC2=NC(CC)C(=O)O2)c(=O)c1C. The van der Waals surface area contributed by atoms with Crippen molar-refractivity contribution in [3.63, 3.8) is 0 Å². The predicted molar refractivity (Wildman–Crippen MR) is 88.4 cm³/mol. The number of aliphatic imine (C=N–C) groups is 2. The van der Waals surface area contributed by atoms with Crippen LogP contribution in [-0.4, -0.2) is 33.7 Å². The Hall–Kier alpha value is -2.31. The fourth-order valence-electron chi connectivity index (χ4n) is 2.04. The third-order valence-corrected chi connectivity index (χ3v) is 3.81. The van der Waals surface area contributed by atoms with E-state index in [2.05, 4.69) is 28.8 Å². The molecule has 2 heterocycles. The summed E-state index contributed by atoms with van der Waals surface area (Å²) in [5, 5.41) is 0. The summed E-state index contributed by atoms with van der Waals surface area (Å²) in [4.78, 5) is 36.6. The standard InChI is InChI=1S/C16H22N4O3/c1-5-10(3)7-17-14-11(4)15(21)20(9-18-14)8-13-19-12(6-2)16(22)23-13/h7,9-10,12H,5-6,8H2,1-4H3. The van der Waals surface area contributed by atoms with Gasteiger partial charge in [0.15, 0.2) is 11.9 Å². The zero-order valence-electron chi connectivity index (χ0n) is 13.9. The molecule has 0 amide bonds. The molecule has 2 atom stereocenters. The molecule has 0 radical (unpaired) electrons. The molecule has 2 rings (SSSR count). The molecule has 1 aliphatic heterocycles. The Labute approximate surface area is 135 Å². The lowest BCUT2D eigenvalue weighted by Crippen LogP contribution is -2.26. The van der Waals surface area contributed by atoms with E-state index in [-0.39, 0.29) is 24.0 Å². The van der Waals surface area contributed by atoms with E-state index in [1.165, 1.54) is 10.9 Å². The van der Waals surface area contributed by atoms with Crippen LogP contribution in [0.5, 0.6) is 0 Å². The van der Waals surface area contributed by atoms with Gasteiger partial charge in [0.05, 0.1) is 5.56 Å². The van der Waals surface area contributed by atoms with E-state index in [0.717, 1.165) is 6.42 Å². The number of esters is 1. The van der Waals surface area contributed by atoms with Gasteiger partial charge in [-0.25, -0.2) is 19.8 Å². The van der Waals surface area contributed by atoms with Gasteiger partial charge in [-0.2, -0.15) is 0 Å². The van der Waals surface area contributed by atoms with Gasteiger partial charge in [0.2, 0.25) is 5.90 Å². The first-order valence-corrected chi connectivity index (χ1v) is 7.84. The highest BCUT2D eigenvalue weighted by Gasteiger charge is 2.27. The van der Waals surface area contributed by atoms with Crippen LogP contribution in [0, 0.1) is 12.8 Å². The van der Waals surface area contributed by atoms with Crippen molar-refractivity contribution in [2.75, 3.05) is 0 Å². The minimum Gasteiger partial charge on any atom is -0.408 e. The molecule has 0 aromatic carbocycles. The summed E-state index contributed by atoms with van der Waals surface area (Å²) < 4.78 is 6.46. The molecular formula is C16H22N4O3. The molecule has 0 saturated carbocycles. The number of nitrogens with zero attached hydrogens (tertiary/aromatic N) is 4. The van der Waals surface area contributed by atoms with Crippen LogP contribution in [0.2, 0.25) is 0 Å². The second-order valence-electron chi connectivity index (χ2n) is 5.66. The van der Waals surface area contributed by atoms with Gasteiger partial charge in [-0.3, -0.25) is 9.36 Å². The Morgan fingerprint density at radius 1 is 1.43 bits per heavy atom. The van der Waals surface area contributed by atoms with E-state index < -0.39 is 6.04 Å². The smallest absolute Gasteiger partial charge is 0.337 e. The lowest BCUT2D eigenvalue weighted by molar-refractivity contribution is -0.135. The van der Waals surface area contributed by atoms with Gasteiger partial charge in [0.25, 0.3) is 5.56 Å². The average molecular weight is 318 g/mol. The molecule has 0 bridgehead atoms. The lowest BCUT2D eigenvalue weighted by atomic mass is 10.1. The first-order valence-electron chi connectivity index (χ1n) is 7.84. The normalized spacial score (nSPS) is 19.0. The predicted octanol–water partition coefficient (Wildman–Crippen LogP) is 2.03. The maximum atomic E-state index is 12.4. The van der Waals surface area contributed by atoms with Crippen molar-refractivity contribution in [3.8, 4) is 0 Å². The van der Waals surface area contributed by atoms with Crippen molar-refractivity contribution in [1.82, 2.24) is 9.55 Å². The van der Waals surface area contributed by atoms with Crippen molar-refractivity contribution in [1.29, 1.82) is 0 Å². The summed E-state index contributed by atoms with van der Waals surface area (Å²) in [5.41, 5.74) is 0.249. The molecule has 7 heteroatoms. The minimum atomic E-state index is -0.464. The average Bonchev–Trinajstić information content (AvgIpc) is 2.90. The molecule has 0 spiro atoms. The van der Waals surface area contributed by atoms with Gasteiger partial charge in [-0.05, 0) is 25.7 Å². The van der Waals surface area contributed by atoms with Gasteiger partial charge < -0.3 is 4.74 Å². The van der Waals surface area contributed by atoms with Crippen LogP contribution in [0.15, 0.2) is 21.1 Å². The van der Waals surface area contributed by atoms with Gasteiger partial charge in [-0.1, -0.05) is 20.8 Å². The Balaban J connectivity index is 2.20. The Morgan fingerprint density at radius 2 is 2.17 bits per heavy atom. The topological polar surface area (TPSA) is 85.9 Å². The number of ether oxygens (including phenoxy) is 1. The summed E-state index contributed by atoms with van der Waals surface area (Å²) in [6.45, 7) is 7.77. The Bertz CT molecular complexity index is 706. The van der Waals surface area contributed by atoms with Crippen molar-refractivity contribution >= 4 is 23.9 Å². The maximum Gasteiger partial charge on any atom is 0.337 e. The summed E-state index contributed by atoms with van der Waals surface area (Å²) in [5.74, 6) is 0.635. The van der Waals surface area contributed by atoms with Gasteiger partial charge in [0, 0.05) is 6.21 Å². The van der Waals surface area contributed by atoms with Crippen molar-refractivity contribution in [2.45, 2.75) is 53.1 Å². The van der Waals surface area contributed by atoms with Crippen LogP contribution in [0.4, 0.5) is 5.82 Å². The highest BCUT2D eigenvalue weighted by atomic mass is 16.6. The van der Waals surface area contributed by atoms with Crippen molar-refractivity contribution in [3.05, 3.63) is 22.2 Å². The van der Waals surface area contributed by atoms with Crippen LogP contribution in [0.3, 0.4) is 0 Å². The van der Waals surface area contributed by atoms with Crippen LogP contribution < -0.4 is 5.56 Å². The van der Waals surface area contributed by atoms with Crippen molar-refractivity contribution in [2.24, 2.45) is 15.9 Å². The fraction of sp³-hybridized carbons (Fsp3) is 0.562. The number of rotatable bonds is 6. The molecule has 1 aromatic rings. The molecule has 0 fully saturated rings. The van der Waals surface area contributed by atoms with E-state index >= 15 is 0 Å². The molecule has 0 saturated heterocycles. The number of hydrogen-bond donors (Lipinski definition) is 0. The monoisotopic (exact) mass is 318 g/mol. The third kappa shape index (κ3) is 3.91. The zero-order valence-corrected chi connectivity index (χ0v) is 13.9. The maximum absolute atomic E-state index is 12.4. The quantitative estimate of drug-likeness (QED) is 0.593. The number of carbonyl (C=O) groups excluding carboxylic acids is 1. The van der Waals surface area contributed by atoms with E-state index in [4.69, 9.17) is 4.74 Å². The van der Waals surface area contributed by atoms with Gasteiger partial charge in [0.1, 0.15) is 12.9 Å². The molecule has 0 aliphatic carbocycles. The largest absolute Gasteiger partial charge is 0.408 e. The Morgan fingerprint density at radius 3 is 2.78 bits per heavy atom. The summed E-state index contributed by atoms with van der Waals surface area (Å²) >= 11 is 0. The Kier molecular flexibility index (Phi) is 5.41. The number of hydrogen-bond acceptors (Lipinski definition) is 6. The molecule has 124 valence electrons. The second-order valence-corrected chi connectivity index (χ2v) is 5.66. The molecular weight excluding hydrogens is 296 g/mol. The molecule has 1 aromatic heterocycles. The third-order valence-electron chi connectivity index (χ3n) is 3.81. The first-order chi connectivity index (χ1) is 11.0. The number of aromatic nitrogens is 2. The fourth-order valence-corrected chi connectivity index (χ4v) is 2.04. The van der Waals surface area contributed by atoms with E-state index in [1.807, 2.05) is 6.92 Å². The van der Waals surface area contributed by atoms with E-state index in [9.17, 15) is 9.59 Å². The minimum absolute atomic E-state index is 0.101. The number of carbonyl (C=O) groups is 1. The lowest BCUT2D eigenvalue weighted by Gasteiger charge is -2.07. The van der Waals surface area contributed by atoms with Crippen LogP contribution in [0.1, 0.15) is 39.2 Å². The van der Waals surface area contributed by atoms with Crippen LogP contribution in [-0.2, 0) is 16.1 Å². The molecule has 0 N–H and O–H groups in total. The van der Waals surface area contributed by atoms with Crippen molar-refractivity contribution < 1.29 is 9.53 Å². The highest BCUT2D eigenvalue weighted by molar-refractivity contribution is 5.97. The summed E-state index contributed by atoms with van der Waals surface area (Å²) in [6.07, 6.45) is 4.77. The van der Waals surface area contributed by atoms with Crippen LogP contribution in [0.25, 0.3) is 0 Å². The molecule has 23 heavy (non-hydrogen) atoms. The van der Waals surface area contributed by atoms with E-state index in [0.29, 0.717) is 23.7 Å². The zero-order chi connectivity index (χ0) is 17.0. The second kappa shape index (κ2) is 7.30. The summed E-state index contributed by atoms with van der Waals surface area (Å²) in [7, 11) is 0. The van der Waals surface area contributed by atoms with Gasteiger partial charge >= 0.3 is 5.97 Å². The van der Waals surface area contributed by atoms with Gasteiger partial charge in [-0.15, -0.1) is 0 Å². The van der Waals surface area contributed by atoms with Crippen LogP contribution >= 0.6 is 0 Å². The van der Waals surface area contributed by atoms with E-state index in [1.54, 1.807) is 13.1 Å².